The number of nitrogens with zero attached hydrogens (tertiary/aromatic N) is 1. The van der Waals surface area contributed by atoms with Crippen molar-refractivity contribution in [3.05, 3.63) is 16.1 Å². The zero-order valence-corrected chi connectivity index (χ0v) is 9.47. The van der Waals surface area contributed by atoms with Gasteiger partial charge in [-0.1, -0.05) is 0 Å². The normalized spacial score (nSPS) is 10.3. The van der Waals surface area contributed by atoms with Crippen LogP contribution in [-0.4, -0.2) is 24.1 Å². The van der Waals surface area contributed by atoms with Crippen molar-refractivity contribution in [2.24, 2.45) is 5.84 Å². The number of aromatic nitrogens is 1. The van der Waals surface area contributed by atoms with Crippen molar-refractivity contribution in [1.29, 1.82) is 0 Å². The highest BCUT2D eigenvalue weighted by molar-refractivity contribution is 7.09. The lowest BCUT2D eigenvalue weighted by Crippen LogP contribution is -2.30. The molecule has 0 saturated heterocycles. The van der Waals surface area contributed by atoms with Gasteiger partial charge in [-0.25, -0.2) is 10.8 Å². The molecule has 84 valence electrons. The van der Waals surface area contributed by atoms with Gasteiger partial charge in [-0.2, -0.15) is 0 Å². The van der Waals surface area contributed by atoms with Crippen molar-refractivity contribution in [2.45, 2.75) is 19.8 Å². The molecule has 0 unspecified atom stereocenters. The Morgan fingerprint density at radius 3 is 3.07 bits per heavy atom. The first-order valence-electron chi connectivity index (χ1n) is 4.70. The molecule has 0 spiro atoms. The second kappa shape index (κ2) is 6.49. The number of hydrogen-bond acceptors (Lipinski definition) is 5. The van der Waals surface area contributed by atoms with Crippen molar-refractivity contribution < 1.29 is 9.53 Å². The fourth-order valence-corrected chi connectivity index (χ4v) is 1.83. The summed E-state index contributed by atoms with van der Waals surface area (Å²) < 4.78 is 5.30. The van der Waals surface area contributed by atoms with Crippen molar-refractivity contribution in [3.63, 3.8) is 0 Å². The van der Waals surface area contributed by atoms with E-state index in [0.717, 1.165) is 12.1 Å². The number of aryl methyl sites for hydroxylation is 1. The molecule has 0 radical (unpaired) electrons. The van der Waals surface area contributed by atoms with Gasteiger partial charge in [0.25, 0.3) is 0 Å². The zero-order valence-electron chi connectivity index (χ0n) is 8.66. The third-order valence-corrected chi connectivity index (χ3v) is 2.95. The molecule has 1 aromatic heterocycles. The van der Waals surface area contributed by atoms with Gasteiger partial charge >= 0.3 is 0 Å². The fraction of sp³-hybridized carbons (Fsp3) is 0.556. The molecule has 1 rings (SSSR count). The number of carbonyl (C=O) groups excluding carboxylic acids is 1. The molecule has 0 aliphatic rings. The number of hydrazine groups is 1. The van der Waals surface area contributed by atoms with E-state index in [2.05, 4.69) is 10.4 Å². The number of rotatable bonds is 6. The summed E-state index contributed by atoms with van der Waals surface area (Å²) in [5.74, 6) is 4.72. The van der Waals surface area contributed by atoms with E-state index >= 15 is 0 Å². The molecule has 0 aliphatic carbocycles. The molecule has 0 atom stereocenters. The number of thiazole rings is 1. The highest BCUT2D eigenvalue weighted by atomic mass is 32.1. The third-order valence-electron chi connectivity index (χ3n) is 1.95. The van der Waals surface area contributed by atoms with Crippen LogP contribution < -0.4 is 11.3 Å². The first-order valence-corrected chi connectivity index (χ1v) is 5.58. The first-order chi connectivity index (χ1) is 7.24. The summed E-state index contributed by atoms with van der Waals surface area (Å²) in [7, 11) is 0. The van der Waals surface area contributed by atoms with Gasteiger partial charge in [-0.3, -0.25) is 10.2 Å². The Balaban J connectivity index is 2.07. The molecule has 3 N–H and O–H groups in total. The summed E-state index contributed by atoms with van der Waals surface area (Å²) in [6.45, 7) is 3.00. The van der Waals surface area contributed by atoms with Crippen molar-refractivity contribution in [1.82, 2.24) is 10.4 Å². The second-order valence-electron chi connectivity index (χ2n) is 3.04. The maximum atomic E-state index is 10.7. The Bertz CT molecular complexity index is 314. The third kappa shape index (κ3) is 4.37. The van der Waals surface area contributed by atoms with Gasteiger partial charge in [0.15, 0.2) is 0 Å². The molecule has 1 amide bonds. The minimum atomic E-state index is -0.205. The lowest BCUT2D eigenvalue weighted by molar-refractivity contribution is -0.122. The molecule has 1 aromatic rings. The van der Waals surface area contributed by atoms with E-state index in [0.29, 0.717) is 19.6 Å². The number of hydrogen-bond donors (Lipinski definition) is 2. The summed E-state index contributed by atoms with van der Waals surface area (Å²) >= 11 is 1.63. The Morgan fingerprint density at radius 2 is 2.47 bits per heavy atom. The first kappa shape index (κ1) is 12.1. The Hall–Kier alpha value is -0.980. The average molecular weight is 229 g/mol. The summed E-state index contributed by atoms with van der Waals surface area (Å²) in [5.41, 5.74) is 4.94. The molecule has 0 aliphatic heterocycles. The van der Waals surface area contributed by atoms with E-state index in [1.54, 1.807) is 11.3 Å². The summed E-state index contributed by atoms with van der Waals surface area (Å²) in [5, 5.41) is 0. The van der Waals surface area contributed by atoms with Crippen LogP contribution in [0.25, 0.3) is 0 Å². The van der Waals surface area contributed by atoms with Gasteiger partial charge in [0.05, 0.1) is 30.8 Å². The highest BCUT2D eigenvalue weighted by Crippen LogP contribution is 2.12. The maximum Gasteiger partial charge on any atom is 0.236 e. The van der Waals surface area contributed by atoms with Gasteiger partial charge in [0.1, 0.15) is 0 Å². The van der Waals surface area contributed by atoms with Crippen LogP contribution in [-0.2, 0) is 16.0 Å². The predicted octanol–water partition coefficient (Wildman–Crippen LogP) is 0.391. The van der Waals surface area contributed by atoms with E-state index < -0.39 is 0 Å². The number of nitrogens with one attached hydrogen (secondary N) is 1. The molecular weight excluding hydrogens is 214 g/mol. The lowest BCUT2D eigenvalue weighted by Gasteiger charge is -2.02. The van der Waals surface area contributed by atoms with Gasteiger partial charge in [-0.05, 0) is 6.92 Å². The monoisotopic (exact) mass is 229 g/mol. The van der Waals surface area contributed by atoms with Gasteiger partial charge in [0.2, 0.25) is 5.91 Å². The molecule has 5 nitrogen and oxygen atoms in total. The summed E-state index contributed by atoms with van der Waals surface area (Å²) in [6.07, 6.45) is 1.15. The molecule has 15 heavy (non-hydrogen) atoms. The topological polar surface area (TPSA) is 77.2 Å². The van der Waals surface area contributed by atoms with E-state index in [1.165, 1.54) is 4.88 Å². The van der Waals surface area contributed by atoms with Gasteiger partial charge in [0, 0.05) is 11.3 Å². The van der Waals surface area contributed by atoms with Crippen LogP contribution in [0.4, 0.5) is 0 Å². The van der Waals surface area contributed by atoms with E-state index in [-0.39, 0.29) is 5.91 Å². The van der Waals surface area contributed by atoms with Gasteiger partial charge < -0.3 is 4.74 Å². The molecule has 0 saturated carbocycles. The van der Waals surface area contributed by atoms with Crippen LogP contribution in [0.5, 0.6) is 0 Å². The number of carbonyl (C=O) groups is 1. The van der Waals surface area contributed by atoms with Crippen LogP contribution in [0.1, 0.15) is 17.0 Å². The molecule has 6 heteroatoms. The lowest BCUT2D eigenvalue weighted by atomic mass is 10.3. The van der Waals surface area contributed by atoms with Crippen molar-refractivity contribution in [2.75, 3.05) is 13.2 Å². The number of nitrogens with two attached hydrogens (primary N) is 1. The predicted molar refractivity (Wildman–Crippen MR) is 58.3 cm³/mol. The van der Waals surface area contributed by atoms with Crippen LogP contribution in [0.3, 0.4) is 0 Å². The number of ether oxygens (including phenoxy) is 1. The highest BCUT2D eigenvalue weighted by Gasteiger charge is 2.01. The molecule has 1 heterocycles. The fourth-order valence-electron chi connectivity index (χ4n) is 1.07. The van der Waals surface area contributed by atoms with Crippen LogP contribution in [0.2, 0.25) is 0 Å². The minimum absolute atomic E-state index is 0.205. The van der Waals surface area contributed by atoms with Crippen LogP contribution >= 0.6 is 11.3 Å². The Morgan fingerprint density at radius 1 is 1.67 bits per heavy atom. The average Bonchev–Trinajstić information content (AvgIpc) is 2.63. The second-order valence-corrected chi connectivity index (χ2v) is 3.98. The zero-order chi connectivity index (χ0) is 11.1. The van der Waals surface area contributed by atoms with Crippen LogP contribution in [0, 0.1) is 6.92 Å². The molecule has 0 fully saturated rings. The van der Waals surface area contributed by atoms with Gasteiger partial charge in [-0.15, -0.1) is 11.3 Å². The number of amides is 1. The van der Waals surface area contributed by atoms with Crippen molar-refractivity contribution >= 4 is 17.2 Å². The van der Waals surface area contributed by atoms with Crippen LogP contribution in [0.15, 0.2) is 5.51 Å². The Labute approximate surface area is 92.6 Å². The standard InChI is InChI=1S/C9H15N3O2S/c1-7-8(15-6-11-7)2-4-14-5-3-9(13)12-10/h6H,2-5,10H2,1H3,(H,12,13). The van der Waals surface area contributed by atoms with Crippen molar-refractivity contribution in [3.8, 4) is 0 Å². The SMILES string of the molecule is Cc1ncsc1CCOCCC(=O)NN. The minimum Gasteiger partial charge on any atom is -0.381 e. The Kier molecular flexibility index (Phi) is 5.23. The van der Waals surface area contributed by atoms with E-state index in [9.17, 15) is 4.79 Å². The largest absolute Gasteiger partial charge is 0.381 e. The molecule has 0 aromatic carbocycles. The molecular formula is C9H15N3O2S. The summed E-state index contributed by atoms with van der Waals surface area (Å²) in [4.78, 5) is 16.1. The maximum absolute atomic E-state index is 10.7. The van der Waals surface area contributed by atoms with E-state index in [1.807, 2.05) is 12.4 Å². The van der Waals surface area contributed by atoms with E-state index in [4.69, 9.17) is 10.6 Å². The smallest absolute Gasteiger partial charge is 0.236 e. The quantitative estimate of drug-likeness (QED) is 0.320. The summed E-state index contributed by atoms with van der Waals surface area (Å²) in [6, 6.07) is 0. The molecule has 0 bridgehead atoms.